The first-order chi connectivity index (χ1) is 8.08. The van der Waals surface area contributed by atoms with Crippen LogP contribution in [0.2, 0.25) is 0 Å². The molecule has 3 nitrogen and oxygen atoms in total. The summed E-state index contributed by atoms with van der Waals surface area (Å²) in [5, 5.41) is 9.18. The van der Waals surface area contributed by atoms with Crippen LogP contribution in [0.1, 0.15) is 0 Å². The van der Waals surface area contributed by atoms with E-state index in [1.54, 1.807) is 12.2 Å². The molecule has 0 unspecified atom stereocenters. The standard InChI is InChI=1S/C14H20N2O/c1-5-14(11-12(3)17)13(4)16-9-7-15(6-2)8-10-16/h5-6,11,17H,1-4,7-10H2/b14-11+. The topological polar surface area (TPSA) is 26.7 Å². The van der Waals surface area contributed by atoms with E-state index >= 15 is 0 Å². The number of hydrogen-bond acceptors (Lipinski definition) is 3. The summed E-state index contributed by atoms with van der Waals surface area (Å²) in [4.78, 5) is 4.35. The zero-order valence-electron chi connectivity index (χ0n) is 10.2. The average molecular weight is 232 g/mol. The van der Waals surface area contributed by atoms with Gasteiger partial charge in [0.25, 0.3) is 0 Å². The molecular weight excluding hydrogens is 212 g/mol. The van der Waals surface area contributed by atoms with E-state index in [0.29, 0.717) is 0 Å². The van der Waals surface area contributed by atoms with Gasteiger partial charge in [-0.15, -0.1) is 0 Å². The third-order valence-electron chi connectivity index (χ3n) is 2.83. The highest BCUT2D eigenvalue weighted by molar-refractivity contribution is 5.39. The zero-order valence-corrected chi connectivity index (χ0v) is 10.2. The predicted molar refractivity (Wildman–Crippen MR) is 72.5 cm³/mol. The number of nitrogens with zero attached hydrogens (tertiary/aromatic N) is 2. The van der Waals surface area contributed by atoms with Crippen LogP contribution in [-0.4, -0.2) is 41.1 Å². The van der Waals surface area contributed by atoms with Crippen molar-refractivity contribution in [3.8, 4) is 0 Å². The lowest BCUT2D eigenvalue weighted by molar-refractivity contribution is 0.208. The van der Waals surface area contributed by atoms with E-state index in [-0.39, 0.29) is 5.76 Å². The third kappa shape index (κ3) is 3.55. The maximum Gasteiger partial charge on any atom is 0.109 e. The van der Waals surface area contributed by atoms with Crippen molar-refractivity contribution in [2.45, 2.75) is 0 Å². The monoisotopic (exact) mass is 232 g/mol. The molecule has 0 saturated carbocycles. The fourth-order valence-corrected chi connectivity index (χ4v) is 1.80. The van der Waals surface area contributed by atoms with Crippen molar-refractivity contribution in [2.75, 3.05) is 26.2 Å². The summed E-state index contributed by atoms with van der Waals surface area (Å²) >= 11 is 0. The van der Waals surface area contributed by atoms with Gasteiger partial charge in [0.15, 0.2) is 0 Å². The van der Waals surface area contributed by atoms with Gasteiger partial charge >= 0.3 is 0 Å². The first-order valence-electron chi connectivity index (χ1n) is 5.61. The van der Waals surface area contributed by atoms with E-state index in [0.717, 1.165) is 37.4 Å². The Hall–Kier alpha value is -1.90. The first-order valence-corrected chi connectivity index (χ1v) is 5.61. The van der Waals surface area contributed by atoms with Crippen LogP contribution in [0.15, 0.2) is 61.7 Å². The molecular formula is C14H20N2O. The van der Waals surface area contributed by atoms with E-state index in [1.807, 2.05) is 6.20 Å². The van der Waals surface area contributed by atoms with Crippen LogP contribution >= 0.6 is 0 Å². The van der Waals surface area contributed by atoms with Gasteiger partial charge in [-0.3, -0.25) is 0 Å². The fourth-order valence-electron chi connectivity index (χ4n) is 1.80. The molecule has 1 rings (SSSR count). The lowest BCUT2D eigenvalue weighted by Gasteiger charge is -2.36. The minimum atomic E-state index is 0.0192. The largest absolute Gasteiger partial charge is 0.509 e. The average Bonchev–Trinajstić information content (AvgIpc) is 2.35. The molecule has 1 aliphatic rings. The molecule has 1 N–H and O–H groups in total. The van der Waals surface area contributed by atoms with Crippen LogP contribution < -0.4 is 0 Å². The highest BCUT2D eigenvalue weighted by atomic mass is 16.3. The summed E-state index contributed by atoms with van der Waals surface area (Å²) in [6.07, 6.45) is 5.12. The third-order valence-corrected chi connectivity index (χ3v) is 2.83. The molecule has 0 bridgehead atoms. The van der Waals surface area contributed by atoms with Gasteiger partial charge in [0.05, 0.1) is 0 Å². The number of hydrogen-bond donors (Lipinski definition) is 1. The molecule has 0 atom stereocenters. The minimum absolute atomic E-state index is 0.0192. The lowest BCUT2D eigenvalue weighted by Crippen LogP contribution is -2.43. The van der Waals surface area contributed by atoms with Gasteiger partial charge in [0.2, 0.25) is 0 Å². The Morgan fingerprint density at radius 2 is 1.65 bits per heavy atom. The molecule has 17 heavy (non-hydrogen) atoms. The van der Waals surface area contributed by atoms with Crippen LogP contribution in [0.3, 0.4) is 0 Å². The van der Waals surface area contributed by atoms with Crippen molar-refractivity contribution < 1.29 is 5.11 Å². The van der Waals surface area contributed by atoms with Crippen LogP contribution in [0, 0.1) is 0 Å². The normalized spacial score (nSPS) is 16.6. The number of piperazine rings is 1. The van der Waals surface area contributed by atoms with Crippen LogP contribution in [-0.2, 0) is 0 Å². The Bertz CT molecular complexity index is 360. The van der Waals surface area contributed by atoms with Crippen molar-refractivity contribution in [3.05, 3.63) is 61.7 Å². The second kappa shape index (κ2) is 5.99. The Labute approximate surface area is 103 Å². The van der Waals surface area contributed by atoms with Gasteiger partial charge in [-0.1, -0.05) is 32.4 Å². The highest BCUT2D eigenvalue weighted by Gasteiger charge is 2.16. The predicted octanol–water partition coefficient (Wildman–Crippen LogP) is 2.45. The molecule has 3 heteroatoms. The van der Waals surface area contributed by atoms with Crippen molar-refractivity contribution in [1.29, 1.82) is 0 Å². The summed E-state index contributed by atoms with van der Waals surface area (Å²) in [5.41, 5.74) is 1.68. The van der Waals surface area contributed by atoms with Gasteiger partial charge in [-0.05, 0) is 12.3 Å². The fraction of sp³-hybridized carbons (Fsp3) is 0.286. The zero-order chi connectivity index (χ0) is 12.8. The van der Waals surface area contributed by atoms with E-state index in [1.165, 1.54) is 0 Å². The van der Waals surface area contributed by atoms with Gasteiger partial charge in [-0.2, -0.15) is 0 Å². The smallest absolute Gasteiger partial charge is 0.109 e. The molecule has 1 fully saturated rings. The van der Waals surface area contributed by atoms with Crippen LogP contribution in [0.25, 0.3) is 0 Å². The second-order valence-electron chi connectivity index (χ2n) is 3.95. The number of aliphatic hydroxyl groups excluding tert-OH is 1. The van der Waals surface area contributed by atoms with E-state index in [9.17, 15) is 5.11 Å². The minimum Gasteiger partial charge on any atom is -0.509 e. The van der Waals surface area contributed by atoms with E-state index in [4.69, 9.17) is 0 Å². The molecule has 0 radical (unpaired) electrons. The van der Waals surface area contributed by atoms with Gasteiger partial charge < -0.3 is 14.9 Å². The number of rotatable bonds is 5. The summed E-state index contributed by atoms with van der Waals surface area (Å²) in [5.74, 6) is 0.0192. The Kier molecular flexibility index (Phi) is 4.64. The molecule has 0 aromatic rings. The highest BCUT2D eigenvalue weighted by Crippen LogP contribution is 2.17. The summed E-state index contributed by atoms with van der Waals surface area (Å²) in [6, 6.07) is 0. The van der Waals surface area contributed by atoms with Crippen LogP contribution in [0.5, 0.6) is 0 Å². The van der Waals surface area contributed by atoms with Crippen LogP contribution in [0.4, 0.5) is 0 Å². The molecule has 1 heterocycles. The van der Waals surface area contributed by atoms with Crippen molar-refractivity contribution >= 4 is 0 Å². The van der Waals surface area contributed by atoms with Crippen molar-refractivity contribution in [2.24, 2.45) is 0 Å². The SMILES string of the molecule is C=C/C(=C\C(=C)O)C(=C)N1CCN(C=C)CC1. The lowest BCUT2D eigenvalue weighted by atomic mass is 10.1. The molecule has 0 aromatic carbocycles. The maximum absolute atomic E-state index is 9.18. The molecule has 92 valence electrons. The molecule has 1 aliphatic heterocycles. The van der Waals surface area contributed by atoms with Gasteiger partial charge in [0, 0.05) is 37.4 Å². The van der Waals surface area contributed by atoms with Gasteiger partial charge in [0.1, 0.15) is 5.76 Å². The number of aliphatic hydroxyl groups is 1. The van der Waals surface area contributed by atoms with E-state index < -0.39 is 0 Å². The van der Waals surface area contributed by atoms with Crippen molar-refractivity contribution in [3.63, 3.8) is 0 Å². The molecule has 0 spiro atoms. The Morgan fingerprint density at radius 1 is 1.06 bits per heavy atom. The summed E-state index contributed by atoms with van der Waals surface area (Å²) < 4.78 is 0. The Balaban J connectivity index is 2.67. The molecule has 0 aliphatic carbocycles. The Morgan fingerprint density at radius 3 is 2.06 bits per heavy atom. The van der Waals surface area contributed by atoms with E-state index in [2.05, 4.69) is 36.1 Å². The first kappa shape index (κ1) is 13.2. The summed E-state index contributed by atoms with van der Waals surface area (Å²) in [7, 11) is 0. The maximum atomic E-state index is 9.18. The molecule has 1 saturated heterocycles. The van der Waals surface area contributed by atoms with Crippen molar-refractivity contribution in [1.82, 2.24) is 9.80 Å². The molecule has 0 aromatic heterocycles. The van der Waals surface area contributed by atoms with Gasteiger partial charge in [-0.25, -0.2) is 0 Å². The number of allylic oxidation sites excluding steroid dienone is 2. The summed E-state index contributed by atoms with van der Waals surface area (Å²) in [6.45, 7) is 18.6. The molecule has 0 amide bonds. The second-order valence-corrected chi connectivity index (χ2v) is 3.95. The quantitative estimate of drug-likeness (QED) is 0.582.